The zero-order valence-electron chi connectivity index (χ0n) is 16.2. The first-order chi connectivity index (χ1) is 13.4. The third kappa shape index (κ3) is 3.12. The topological polar surface area (TPSA) is 57.7 Å². The predicted molar refractivity (Wildman–Crippen MR) is 110 cm³/mol. The van der Waals surface area contributed by atoms with Gasteiger partial charge in [0.2, 0.25) is 0 Å². The largest absolute Gasteiger partial charge is 0.332 e. The summed E-state index contributed by atoms with van der Waals surface area (Å²) in [6.07, 6.45) is 2.50. The first kappa shape index (κ1) is 18.1. The Labute approximate surface area is 166 Å². The summed E-state index contributed by atoms with van der Waals surface area (Å²) in [5, 5.41) is 2.03. The maximum atomic E-state index is 13.5. The van der Waals surface area contributed by atoms with Crippen molar-refractivity contribution >= 4 is 26.5 Å². The van der Waals surface area contributed by atoms with Crippen LogP contribution in [0.1, 0.15) is 28.8 Å². The molecule has 1 amide bonds. The standard InChI is InChI=1S/C22H26N2O3S/c1-15-6-9-19(18-5-3-2-4-17(15)18)22(25)24-11-10-23(12-16-7-8-16)20-13-28(26,27)14-21(20)24/h2-6,9,16,20-21H,7-8,10-14H2,1H3/t20-,21+/m1/s1. The highest BCUT2D eigenvalue weighted by atomic mass is 32.2. The molecule has 2 heterocycles. The van der Waals surface area contributed by atoms with E-state index in [1.165, 1.54) is 12.8 Å². The van der Waals surface area contributed by atoms with Crippen LogP contribution in [0.5, 0.6) is 0 Å². The lowest BCUT2D eigenvalue weighted by Gasteiger charge is -2.44. The van der Waals surface area contributed by atoms with Gasteiger partial charge in [-0.05, 0) is 48.1 Å². The third-order valence-corrected chi connectivity index (χ3v) is 8.31. The van der Waals surface area contributed by atoms with Crippen LogP contribution < -0.4 is 0 Å². The van der Waals surface area contributed by atoms with Gasteiger partial charge >= 0.3 is 0 Å². The van der Waals surface area contributed by atoms with Gasteiger partial charge in [0.25, 0.3) is 5.91 Å². The molecule has 0 aromatic heterocycles. The number of hydrogen-bond donors (Lipinski definition) is 0. The van der Waals surface area contributed by atoms with Crippen molar-refractivity contribution in [3.63, 3.8) is 0 Å². The number of nitrogens with zero attached hydrogens (tertiary/aromatic N) is 2. The van der Waals surface area contributed by atoms with Gasteiger partial charge in [-0.2, -0.15) is 0 Å². The number of aryl methyl sites for hydroxylation is 1. The lowest BCUT2D eigenvalue weighted by molar-refractivity contribution is 0.0319. The second kappa shape index (κ2) is 6.56. The third-order valence-electron chi connectivity index (χ3n) is 6.61. The molecule has 0 radical (unpaired) electrons. The molecule has 3 fully saturated rings. The maximum absolute atomic E-state index is 13.5. The molecule has 2 aromatic carbocycles. The highest BCUT2D eigenvalue weighted by Gasteiger charge is 2.48. The van der Waals surface area contributed by atoms with Crippen LogP contribution in [0.3, 0.4) is 0 Å². The van der Waals surface area contributed by atoms with E-state index < -0.39 is 9.84 Å². The lowest BCUT2D eigenvalue weighted by atomic mass is 9.97. The predicted octanol–water partition coefficient (Wildman–Crippen LogP) is 2.48. The smallest absolute Gasteiger partial charge is 0.254 e. The molecule has 0 spiro atoms. The molecule has 0 unspecified atom stereocenters. The van der Waals surface area contributed by atoms with Crippen LogP contribution in [-0.2, 0) is 9.84 Å². The van der Waals surface area contributed by atoms with Gasteiger partial charge in [0.1, 0.15) is 0 Å². The van der Waals surface area contributed by atoms with Crippen molar-refractivity contribution in [1.29, 1.82) is 0 Å². The van der Waals surface area contributed by atoms with E-state index in [1.807, 2.05) is 48.2 Å². The summed E-state index contributed by atoms with van der Waals surface area (Å²) in [6.45, 7) is 4.39. The average Bonchev–Trinajstić information content (AvgIpc) is 3.42. The SMILES string of the molecule is Cc1ccc(C(=O)N2CCN(CC3CC3)[C@@H]3CS(=O)(=O)C[C@@H]32)c2ccccc12. The highest BCUT2D eigenvalue weighted by Crippen LogP contribution is 2.35. The minimum Gasteiger partial charge on any atom is -0.332 e. The van der Waals surface area contributed by atoms with Crippen molar-refractivity contribution in [3.05, 3.63) is 47.5 Å². The quantitative estimate of drug-likeness (QED) is 0.797. The van der Waals surface area contributed by atoms with E-state index in [0.29, 0.717) is 18.0 Å². The van der Waals surface area contributed by atoms with Gasteiger partial charge in [-0.1, -0.05) is 30.3 Å². The van der Waals surface area contributed by atoms with Gasteiger partial charge in [0, 0.05) is 31.2 Å². The fraction of sp³-hybridized carbons (Fsp3) is 0.500. The van der Waals surface area contributed by atoms with Crippen molar-refractivity contribution in [2.24, 2.45) is 5.92 Å². The first-order valence-electron chi connectivity index (χ1n) is 10.2. The van der Waals surface area contributed by atoms with Gasteiger partial charge in [-0.3, -0.25) is 9.69 Å². The molecular weight excluding hydrogens is 372 g/mol. The van der Waals surface area contributed by atoms with Crippen LogP contribution in [0.25, 0.3) is 10.8 Å². The summed E-state index contributed by atoms with van der Waals surface area (Å²) in [6, 6.07) is 11.6. The Kier molecular flexibility index (Phi) is 4.25. The molecule has 148 valence electrons. The minimum atomic E-state index is -3.11. The molecule has 3 aliphatic rings. The average molecular weight is 399 g/mol. The molecular formula is C22H26N2O3S. The van der Waals surface area contributed by atoms with Crippen LogP contribution in [0, 0.1) is 12.8 Å². The number of piperazine rings is 1. The van der Waals surface area contributed by atoms with E-state index in [4.69, 9.17) is 0 Å². The molecule has 2 aliphatic heterocycles. The number of hydrogen-bond acceptors (Lipinski definition) is 4. The zero-order chi connectivity index (χ0) is 19.5. The number of amides is 1. The molecule has 2 saturated heterocycles. The molecule has 2 atom stereocenters. The molecule has 6 heteroatoms. The van der Waals surface area contributed by atoms with Gasteiger partial charge in [-0.25, -0.2) is 8.42 Å². The van der Waals surface area contributed by atoms with Gasteiger partial charge < -0.3 is 4.90 Å². The van der Waals surface area contributed by atoms with Gasteiger partial charge in [0.05, 0.1) is 17.5 Å². The van der Waals surface area contributed by atoms with E-state index >= 15 is 0 Å². The number of benzene rings is 2. The molecule has 28 heavy (non-hydrogen) atoms. The van der Waals surface area contributed by atoms with E-state index in [-0.39, 0.29) is 29.5 Å². The molecule has 1 saturated carbocycles. The van der Waals surface area contributed by atoms with Crippen molar-refractivity contribution in [3.8, 4) is 0 Å². The zero-order valence-corrected chi connectivity index (χ0v) is 17.0. The van der Waals surface area contributed by atoms with Crippen LogP contribution in [0.2, 0.25) is 0 Å². The van der Waals surface area contributed by atoms with Crippen LogP contribution in [-0.4, -0.2) is 67.3 Å². The number of sulfone groups is 1. The summed E-state index contributed by atoms with van der Waals surface area (Å²) in [5.41, 5.74) is 1.82. The summed E-state index contributed by atoms with van der Waals surface area (Å²) in [4.78, 5) is 17.7. The molecule has 1 aliphatic carbocycles. The Balaban J connectivity index is 1.49. The van der Waals surface area contributed by atoms with E-state index in [0.717, 1.165) is 29.4 Å². The Bertz CT molecular complexity index is 1040. The Hall–Kier alpha value is -1.92. The number of carbonyl (C=O) groups excluding carboxylic acids is 1. The summed E-state index contributed by atoms with van der Waals surface area (Å²) >= 11 is 0. The summed E-state index contributed by atoms with van der Waals surface area (Å²) in [7, 11) is -3.11. The molecule has 2 aromatic rings. The van der Waals surface area contributed by atoms with Crippen molar-refractivity contribution < 1.29 is 13.2 Å². The van der Waals surface area contributed by atoms with Crippen LogP contribution >= 0.6 is 0 Å². The van der Waals surface area contributed by atoms with Crippen LogP contribution in [0.4, 0.5) is 0 Å². The fourth-order valence-corrected chi connectivity index (χ4v) is 6.94. The van der Waals surface area contributed by atoms with Crippen molar-refractivity contribution in [2.45, 2.75) is 31.8 Å². The van der Waals surface area contributed by atoms with E-state index in [1.54, 1.807) is 0 Å². The van der Waals surface area contributed by atoms with E-state index in [2.05, 4.69) is 4.90 Å². The maximum Gasteiger partial charge on any atom is 0.254 e. The highest BCUT2D eigenvalue weighted by molar-refractivity contribution is 7.91. The normalized spacial score (nSPS) is 27.1. The Morgan fingerprint density at radius 3 is 2.46 bits per heavy atom. The summed E-state index contributed by atoms with van der Waals surface area (Å²) < 4.78 is 24.9. The summed E-state index contributed by atoms with van der Waals surface area (Å²) in [5.74, 6) is 0.957. The molecule has 5 rings (SSSR count). The van der Waals surface area contributed by atoms with Crippen LogP contribution in [0.15, 0.2) is 36.4 Å². The fourth-order valence-electron chi connectivity index (χ4n) is 4.93. The molecule has 0 N–H and O–H groups in total. The Morgan fingerprint density at radius 2 is 1.71 bits per heavy atom. The number of carbonyl (C=O) groups is 1. The minimum absolute atomic E-state index is 0.0330. The van der Waals surface area contributed by atoms with Crippen molar-refractivity contribution in [2.75, 3.05) is 31.1 Å². The lowest BCUT2D eigenvalue weighted by Crippen LogP contribution is -2.60. The van der Waals surface area contributed by atoms with Crippen molar-refractivity contribution in [1.82, 2.24) is 9.80 Å². The van der Waals surface area contributed by atoms with Gasteiger partial charge in [0.15, 0.2) is 9.84 Å². The molecule has 0 bridgehead atoms. The van der Waals surface area contributed by atoms with E-state index in [9.17, 15) is 13.2 Å². The number of fused-ring (bicyclic) bond motifs is 2. The number of rotatable bonds is 3. The first-order valence-corrected chi connectivity index (χ1v) is 12.0. The Morgan fingerprint density at radius 1 is 1.00 bits per heavy atom. The van der Waals surface area contributed by atoms with Gasteiger partial charge in [-0.15, -0.1) is 0 Å². The monoisotopic (exact) mass is 398 g/mol. The second-order valence-electron chi connectivity index (χ2n) is 8.62. The second-order valence-corrected chi connectivity index (χ2v) is 10.8. The molecule has 5 nitrogen and oxygen atoms in total.